The number of fused-ring (bicyclic) bond motifs is 1. The van der Waals surface area contributed by atoms with Gasteiger partial charge >= 0.3 is 5.97 Å². The minimum atomic E-state index is -1.02. The standard InChI is InChI=1S/C14H13N3O2/c18-14(19)12-7-15-8-17-13(12)16-6-10-5-9-3-1-2-4-11(9)10/h1-4,7-8,10H,5-6H2,(H,18,19)(H,15,16,17). The predicted octanol–water partition coefficient (Wildman–Crippen LogP) is 1.93. The monoisotopic (exact) mass is 255 g/mol. The maximum absolute atomic E-state index is 11.0. The van der Waals surface area contributed by atoms with Crippen molar-refractivity contribution in [1.29, 1.82) is 0 Å². The van der Waals surface area contributed by atoms with E-state index in [9.17, 15) is 4.79 Å². The normalized spacial score (nSPS) is 16.3. The lowest BCUT2D eigenvalue weighted by atomic mass is 9.77. The maximum Gasteiger partial charge on any atom is 0.341 e. The third-order valence-corrected chi connectivity index (χ3v) is 3.42. The number of nitrogens with one attached hydrogen (secondary N) is 1. The Labute approximate surface area is 110 Å². The number of hydrogen-bond donors (Lipinski definition) is 2. The van der Waals surface area contributed by atoms with Gasteiger partial charge in [-0.2, -0.15) is 0 Å². The summed E-state index contributed by atoms with van der Waals surface area (Å²) in [7, 11) is 0. The first-order valence-electron chi connectivity index (χ1n) is 6.10. The fraction of sp³-hybridized carbons (Fsp3) is 0.214. The quantitative estimate of drug-likeness (QED) is 0.873. The first kappa shape index (κ1) is 11.6. The Morgan fingerprint density at radius 1 is 1.42 bits per heavy atom. The van der Waals surface area contributed by atoms with Gasteiger partial charge in [-0.25, -0.2) is 14.8 Å². The van der Waals surface area contributed by atoms with Gasteiger partial charge in [-0.05, 0) is 17.5 Å². The molecule has 1 aromatic heterocycles. The van der Waals surface area contributed by atoms with Crippen molar-refractivity contribution in [3.8, 4) is 0 Å². The zero-order chi connectivity index (χ0) is 13.2. The number of anilines is 1. The SMILES string of the molecule is O=C(O)c1cncnc1NCC1Cc2ccccc21. The highest BCUT2D eigenvalue weighted by molar-refractivity contribution is 5.92. The summed E-state index contributed by atoms with van der Waals surface area (Å²) in [5.74, 6) is -0.211. The van der Waals surface area contributed by atoms with E-state index in [4.69, 9.17) is 5.11 Å². The molecule has 0 amide bonds. The number of carbonyl (C=O) groups is 1. The Kier molecular flexibility index (Phi) is 2.87. The van der Waals surface area contributed by atoms with Gasteiger partial charge in [-0.15, -0.1) is 0 Å². The van der Waals surface area contributed by atoms with Crippen LogP contribution in [0, 0.1) is 0 Å². The molecule has 0 saturated carbocycles. The molecule has 2 N–H and O–H groups in total. The van der Waals surface area contributed by atoms with E-state index in [0.29, 0.717) is 18.3 Å². The number of aromatic nitrogens is 2. The largest absolute Gasteiger partial charge is 0.477 e. The fourth-order valence-electron chi connectivity index (χ4n) is 2.39. The van der Waals surface area contributed by atoms with Gasteiger partial charge in [0.15, 0.2) is 0 Å². The highest BCUT2D eigenvalue weighted by Crippen LogP contribution is 2.34. The van der Waals surface area contributed by atoms with E-state index in [1.807, 2.05) is 12.1 Å². The molecule has 0 radical (unpaired) electrons. The lowest BCUT2D eigenvalue weighted by Crippen LogP contribution is -2.25. The van der Waals surface area contributed by atoms with Gasteiger partial charge in [0.2, 0.25) is 0 Å². The van der Waals surface area contributed by atoms with Crippen LogP contribution in [0.5, 0.6) is 0 Å². The maximum atomic E-state index is 11.0. The van der Waals surface area contributed by atoms with Crippen molar-refractivity contribution in [3.05, 3.63) is 53.5 Å². The Balaban J connectivity index is 1.70. The molecule has 19 heavy (non-hydrogen) atoms. The molecule has 1 unspecified atom stereocenters. The molecule has 1 aromatic carbocycles. The molecule has 5 nitrogen and oxygen atoms in total. The van der Waals surface area contributed by atoms with Crippen LogP contribution in [0.4, 0.5) is 5.82 Å². The predicted molar refractivity (Wildman–Crippen MR) is 70.4 cm³/mol. The second kappa shape index (κ2) is 4.68. The summed E-state index contributed by atoms with van der Waals surface area (Å²) < 4.78 is 0. The van der Waals surface area contributed by atoms with Gasteiger partial charge in [-0.3, -0.25) is 0 Å². The molecular formula is C14H13N3O2. The van der Waals surface area contributed by atoms with E-state index in [0.717, 1.165) is 6.42 Å². The van der Waals surface area contributed by atoms with Crippen LogP contribution in [0.25, 0.3) is 0 Å². The molecule has 1 aliphatic rings. The molecule has 2 aromatic rings. The van der Waals surface area contributed by atoms with E-state index in [-0.39, 0.29) is 5.56 Å². The van der Waals surface area contributed by atoms with E-state index in [1.54, 1.807) is 0 Å². The third kappa shape index (κ3) is 2.14. The average molecular weight is 255 g/mol. The number of nitrogens with zero attached hydrogens (tertiary/aromatic N) is 2. The Morgan fingerprint density at radius 3 is 3.05 bits per heavy atom. The van der Waals surface area contributed by atoms with Crippen LogP contribution in [0.1, 0.15) is 27.4 Å². The van der Waals surface area contributed by atoms with Crippen LogP contribution in [0.2, 0.25) is 0 Å². The summed E-state index contributed by atoms with van der Waals surface area (Å²) in [4.78, 5) is 18.7. The van der Waals surface area contributed by atoms with Crippen LogP contribution >= 0.6 is 0 Å². The van der Waals surface area contributed by atoms with Crippen molar-refractivity contribution in [3.63, 3.8) is 0 Å². The van der Waals surface area contributed by atoms with Crippen molar-refractivity contribution < 1.29 is 9.90 Å². The number of carboxylic acid groups (broad SMARTS) is 1. The second-order valence-electron chi connectivity index (χ2n) is 4.57. The highest BCUT2D eigenvalue weighted by atomic mass is 16.4. The lowest BCUT2D eigenvalue weighted by Gasteiger charge is -2.30. The number of hydrogen-bond acceptors (Lipinski definition) is 4. The number of benzene rings is 1. The molecule has 96 valence electrons. The van der Waals surface area contributed by atoms with E-state index in [1.165, 1.54) is 23.7 Å². The summed E-state index contributed by atoms with van der Waals surface area (Å²) in [6, 6.07) is 8.30. The molecule has 1 heterocycles. The molecule has 0 aliphatic heterocycles. The van der Waals surface area contributed by atoms with Crippen LogP contribution in [-0.4, -0.2) is 27.6 Å². The summed E-state index contributed by atoms with van der Waals surface area (Å²) in [5.41, 5.74) is 2.81. The van der Waals surface area contributed by atoms with Crippen molar-refractivity contribution in [1.82, 2.24) is 9.97 Å². The van der Waals surface area contributed by atoms with Gasteiger partial charge in [0.05, 0.1) is 0 Å². The highest BCUT2D eigenvalue weighted by Gasteiger charge is 2.25. The minimum Gasteiger partial charge on any atom is -0.477 e. The van der Waals surface area contributed by atoms with Crippen LogP contribution in [-0.2, 0) is 6.42 Å². The summed E-state index contributed by atoms with van der Waals surface area (Å²) in [6.45, 7) is 0.689. The Hall–Kier alpha value is -2.43. The first-order valence-corrected chi connectivity index (χ1v) is 6.10. The molecule has 3 rings (SSSR count). The smallest absolute Gasteiger partial charge is 0.341 e. The number of rotatable bonds is 4. The van der Waals surface area contributed by atoms with Gasteiger partial charge in [0, 0.05) is 18.7 Å². The third-order valence-electron chi connectivity index (χ3n) is 3.42. The minimum absolute atomic E-state index is 0.107. The molecule has 0 saturated heterocycles. The molecular weight excluding hydrogens is 242 g/mol. The zero-order valence-electron chi connectivity index (χ0n) is 10.2. The van der Waals surface area contributed by atoms with Gasteiger partial charge in [-0.1, -0.05) is 24.3 Å². The number of aromatic carboxylic acids is 1. The molecule has 1 aliphatic carbocycles. The van der Waals surface area contributed by atoms with Crippen molar-refractivity contribution in [2.75, 3.05) is 11.9 Å². The van der Waals surface area contributed by atoms with Gasteiger partial charge < -0.3 is 10.4 Å². The topological polar surface area (TPSA) is 75.1 Å². The molecule has 5 heteroatoms. The van der Waals surface area contributed by atoms with Gasteiger partial charge in [0.1, 0.15) is 17.7 Å². The van der Waals surface area contributed by atoms with Crippen LogP contribution in [0.3, 0.4) is 0 Å². The van der Waals surface area contributed by atoms with Crippen LogP contribution in [0.15, 0.2) is 36.8 Å². The fourth-order valence-corrected chi connectivity index (χ4v) is 2.39. The number of carboxylic acids is 1. The lowest BCUT2D eigenvalue weighted by molar-refractivity contribution is 0.0697. The summed E-state index contributed by atoms with van der Waals surface area (Å²) in [6.07, 6.45) is 3.69. The van der Waals surface area contributed by atoms with Crippen molar-refractivity contribution in [2.24, 2.45) is 0 Å². The van der Waals surface area contributed by atoms with Crippen molar-refractivity contribution >= 4 is 11.8 Å². The Bertz CT molecular complexity index is 628. The summed E-state index contributed by atoms with van der Waals surface area (Å²) >= 11 is 0. The van der Waals surface area contributed by atoms with E-state index in [2.05, 4.69) is 27.4 Å². The summed E-state index contributed by atoms with van der Waals surface area (Å²) in [5, 5.41) is 12.1. The average Bonchev–Trinajstić information content (AvgIpc) is 2.40. The van der Waals surface area contributed by atoms with Crippen LogP contribution < -0.4 is 5.32 Å². The van der Waals surface area contributed by atoms with Crippen molar-refractivity contribution in [2.45, 2.75) is 12.3 Å². The van der Waals surface area contributed by atoms with Gasteiger partial charge in [0.25, 0.3) is 0 Å². The Morgan fingerprint density at radius 2 is 2.26 bits per heavy atom. The molecule has 1 atom stereocenters. The molecule has 0 spiro atoms. The molecule has 0 fully saturated rings. The first-order chi connectivity index (χ1) is 9.25. The second-order valence-corrected chi connectivity index (χ2v) is 4.57. The van der Waals surface area contributed by atoms with E-state index >= 15 is 0 Å². The zero-order valence-corrected chi connectivity index (χ0v) is 10.2. The molecule has 0 bridgehead atoms. The van der Waals surface area contributed by atoms with E-state index < -0.39 is 5.97 Å².